The third-order valence-corrected chi connectivity index (χ3v) is 2.94. The normalized spacial score (nSPS) is 9.65. The standard InChI is InChI=1S/C10H5BrN4OS/c11-7-2-1-6(4-12)8(3-7)13-10(16)9-5-17-15-14-9/h1-3,5H,(H,13,16). The van der Waals surface area contributed by atoms with Crippen molar-refractivity contribution in [1.29, 1.82) is 5.26 Å². The highest BCUT2D eigenvalue weighted by Gasteiger charge is 2.11. The van der Waals surface area contributed by atoms with Gasteiger partial charge in [0.1, 0.15) is 6.07 Å². The first-order valence-corrected chi connectivity index (χ1v) is 6.11. The molecule has 17 heavy (non-hydrogen) atoms. The molecule has 2 rings (SSSR count). The monoisotopic (exact) mass is 308 g/mol. The molecule has 0 unspecified atom stereocenters. The van der Waals surface area contributed by atoms with E-state index in [0.29, 0.717) is 11.3 Å². The second kappa shape index (κ2) is 5.03. The van der Waals surface area contributed by atoms with Crippen LogP contribution in [0.15, 0.2) is 28.1 Å². The number of hydrogen-bond acceptors (Lipinski definition) is 5. The van der Waals surface area contributed by atoms with Gasteiger partial charge in [-0.25, -0.2) is 0 Å². The molecule has 0 bridgehead atoms. The van der Waals surface area contributed by atoms with Gasteiger partial charge in [-0.2, -0.15) is 5.26 Å². The highest BCUT2D eigenvalue weighted by molar-refractivity contribution is 9.10. The second-order valence-corrected chi connectivity index (χ2v) is 4.57. The van der Waals surface area contributed by atoms with Gasteiger partial charge in [0, 0.05) is 9.85 Å². The van der Waals surface area contributed by atoms with Crippen LogP contribution in [-0.2, 0) is 0 Å². The van der Waals surface area contributed by atoms with Crippen LogP contribution in [0.2, 0.25) is 0 Å². The predicted octanol–water partition coefficient (Wildman–Crippen LogP) is 2.42. The molecule has 0 radical (unpaired) electrons. The molecule has 7 heteroatoms. The average Bonchev–Trinajstić information content (AvgIpc) is 2.83. The second-order valence-electron chi connectivity index (χ2n) is 3.05. The van der Waals surface area contributed by atoms with E-state index in [-0.39, 0.29) is 11.6 Å². The molecule has 0 saturated carbocycles. The smallest absolute Gasteiger partial charge is 0.277 e. The van der Waals surface area contributed by atoms with Crippen LogP contribution in [0.5, 0.6) is 0 Å². The molecule has 2 aromatic rings. The molecule has 1 aromatic carbocycles. The first-order chi connectivity index (χ1) is 8.20. The number of nitriles is 1. The molecule has 0 atom stereocenters. The summed E-state index contributed by atoms with van der Waals surface area (Å²) in [4.78, 5) is 11.7. The van der Waals surface area contributed by atoms with Crippen LogP contribution in [0.25, 0.3) is 0 Å². The average molecular weight is 309 g/mol. The van der Waals surface area contributed by atoms with Crippen LogP contribution in [0.1, 0.15) is 16.1 Å². The summed E-state index contributed by atoms with van der Waals surface area (Å²) < 4.78 is 4.38. The van der Waals surface area contributed by atoms with Crippen LogP contribution in [0.4, 0.5) is 5.69 Å². The molecule has 0 aliphatic heterocycles. The van der Waals surface area contributed by atoms with Gasteiger partial charge in [-0.1, -0.05) is 20.4 Å². The molecule has 84 valence electrons. The molecule has 0 aliphatic rings. The summed E-state index contributed by atoms with van der Waals surface area (Å²) in [5, 5.41) is 16.7. The predicted molar refractivity (Wildman–Crippen MR) is 66.7 cm³/mol. The number of carbonyl (C=O) groups is 1. The van der Waals surface area contributed by atoms with Gasteiger partial charge in [0.25, 0.3) is 5.91 Å². The first-order valence-electron chi connectivity index (χ1n) is 4.49. The van der Waals surface area contributed by atoms with Gasteiger partial charge in [0.15, 0.2) is 5.69 Å². The van der Waals surface area contributed by atoms with Crippen LogP contribution >= 0.6 is 27.5 Å². The lowest BCUT2D eigenvalue weighted by atomic mass is 10.2. The Morgan fingerprint density at radius 3 is 3.00 bits per heavy atom. The Morgan fingerprint density at radius 2 is 2.35 bits per heavy atom. The third kappa shape index (κ3) is 2.67. The van der Waals surface area contributed by atoms with Crippen molar-refractivity contribution in [3.63, 3.8) is 0 Å². The summed E-state index contributed by atoms with van der Waals surface area (Å²) in [5.41, 5.74) is 1.07. The van der Waals surface area contributed by atoms with Crippen LogP contribution in [-0.4, -0.2) is 15.5 Å². The van der Waals surface area contributed by atoms with Gasteiger partial charge in [-0.15, -0.1) is 5.10 Å². The van der Waals surface area contributed by atoms with Crippen molar-refractivity contribution < 1.29 is 4.79 Å². The number of amides is 1. The van der Waals surface area contributed by atoms with E-state index in [0.717, 1.165) is 16.0 Å². The molecule has 0 aliphatic carbocycles. The fraction of sp³-hybridized carbons (Fsp3) is 0. The molecule has 0 fully saturated rings. The highest BCUT2D eigenvalue weighted by atomic mass is 79.9. The number of nitrogens with one attached hydrogen (secondary N) is 1. The topological polar surface area (TPSA) is 78.7 Å². The summed E-state index contributed by atoms with van der Waals surface area (Å²) >= 11 is 4.37. The number of anilines is 1. The molecule has 5 nitrogen and oxygen atoms in total. The molecule has 0 spiro atoms. The minimum atomic E-state index is -0.381. The summed E-state index contributed by atoms with van der Waals surface area (Å²) in [6.45, 7) is 0. The SMILES string of the molecule is N#Cc1ccc(Br)cc1NC(=O)c1csnn1. The van der Waals surface area contributed by atoms with E-state index in [9.17, 15) is 4.79 Å². The zero-order chi connectivity index (χ0) is 12.3. The third-order valence-electron chi connectivity index (χ3n) is 1.94. The van der Waals surface area contributed by atoms with Crippen LogP contribution in [0, 0.1) is 11.3 Å². The van der Waals surface area contributed by atoms with E-state index in [1.807, 2.05) is 6.07 Å². The molecular weight excluding hydrogens is 304 g/mol. The maximum absolute atomic E-state index is 11.7. The maximum atomic E-state index is 11.7. The minimum absolute atomic E-state index is 0.235. The molecule has 1 amide bonds. The Hall–Kier alpha value is -1.78. The summed E-state index contributed by atoms with van der Waals surface area (Å²) in [5.74, 6) is -0.381. The Morgan fingerprint density at radius 1 is 1.53 bits per heavy atom. The van der Waals surface area contributed by atoms with Crippen LogP contribution < -0.4 is 5.32 Å². The fourth-order valence-corrected chi connectivity index (χ4v) is 1.96. The van der Waals surface area contributed by atoms with Gasteiger partial charge in [0.2, 0.25) is 0 Å². The van der Waals surface area contributed by atoms with E-state index in [1.54, 1.807) is 23.6 Å². The summed E-state index contributed by atoms with van der Waals surface area (Å²) in [7, 11) is 0. The molecule has 1 N–H and O–H groups in total. The zero-order valence-corrected chi connectivity index (χ0v) is 10.7. The van der Waals surface area contributed by atoms with Crippen molar-refractivity contribution in [3.8, 4) is 6.07 Å². The largest absolute Gasteiger partial charge is 0.319 e. The van der Waals surface area contributed by atoms with Gasteiger partial charge in [-0.3, -0.25) is 4.79 Å². The van der Waals surface area contributed by atoms with E-state index in [4.69, 9.17) is 5.26 Å². The number of nitrogens with zero attached hydrogens (tertiary/aromatic N) is 3. The number of rotatable bonds is 2. The molecular formula is C10H5BrN4OS. The maximum Gasteiger partial charge on any atom is 0.277 e. The van der Waals surface area contributed by atoms with Gasteiger partial charge in [0.05, 0.1) is 11.3 Å². The number of hydrogen-bond donors (Lipinski definition) is 1. The van der Waals surface area contributed by atoms with E-state index in [1.165, 1.54) is 0 Å². The Kier molecular flexibility index (Phi) is 3.46. The zero-order valence-electron chi connectivity index (χ0n) is 8.35. The van der Waals surface area contributed by atoms with Crippen molar-refractivity contribution in [3.05, 3.63) is 39.3 Å². The minimum Gasteiger partial charge on any atom is -0.319 e. The highest BCUT2D eigenvalue weighted by Crippen LogP contribution is 2.21. The molecule has 1 heterocycles. The molecule has 0 saturated heterocycles. The van der Waals surface area contributed by atoms with Crippen molar-refractivity contribution in [2.45, 2.75) is 0 Å². The van der Waals surface area contributed by atoms with Crippen molar-refractivity contribution in [2.75, 3.05) is 5.32 Å². The number of carbonyl (C=O) groups excluding carboxylic acids is 1. The lowest BCUT2D eigenvalue weighted by Crippen LogP contribution is -2.13. The first kappa shape index (κ1) is 11.7. The van der Waals surface area contributed by atoms with Gasteiger partial charge >= 0.3 is 0 Å². The fourth-order valence-electron chi connectivity index (χ4n) is 1.17. The van der Waals surface area contributed by atoms with Crippen molar-refractivity contribution in [2.24, 2.45) is 0 Å². The van der Waals surface area contributed by atoms with E-state index in [2.05, 4.69) is 30.8 Å². The van der Waals surface area contributed by atoms with E-state index >= 15 is 0 Å². The lowest BCUT2D eigenvalue weighted by Gasteiger charge is -2.05. The lowest BCUT2D eigenvalue weighted by molar-refractivity contribution is 0.102. The Balaban J connectivity index is 2.27. The summed E-state index contributed by atoms with van der Waals surface area (Å²) in [6.07, 6.45) is 0. The molecule has 1 aromatic heterocycles. The van der Waals surface area contributed by atoms with Gasteiger partial charge < -0.3 is 5.32 Å². The van der Waals surface area contributed by atoms with E-state index < -0.39 is 0 Å². The number of halogens is 1. The Bertz CT molecular complexity index is 591. The van der Waals surface area contributed by atoms with Gasteiger partial charge in [-0.05, 0) is 29.7 Å². The van der Waals surface area contributed by atoms with Crippen molar-refractivity contribution in [1.82, 2.24) is 9.59 Å². The van der Waals surface area contributed by atoms with Crippen LogP contribution in [0.3, 0.4) is 0 Å². The quantitative estimate of drug-likeness (QED) is 0.924. The Labute approximate surface area is 109 Å². The number of aromatic nitrogens is 2. The number of benzene rings is 1. The van der Waals surface area contributed by atoms with Crippen molar-refractivity contribution >= 4 is 39.1 Å². The summed E-state index contributed by atoms with van der Waals surface area (Å²) in [6, 6.07) is 7.03.